The number of ether oxygens (including phenoxy) is 1. The van der Waals surface area contributed by atoms with Crippen molar-refractivity contribution >= 4 is 24.8 Å². The van der Waals surface area contributed by atoms with Crippen LogP contribution in [0.1, 0.15) is 31.4 Å². The van der Waals surface area contributed by atoms with E-state index in [1.807, 2.05) is 6.07 Å². The summed E-state index contributed by atoms with van der Waals surface area (Å²) in [5.74, 6) is 0.0514. The Kier molecular flexibility index (Phi) is 9.95. The highest BCUT2D eigenvalue weighted by Gasteiger charge is 2.22. The molecule has 1 N–H and O–H groups in total. The molecule has 6 heteroatoms. The topological polar surface area (TPSA) is 24.5 Å². The van der Waals surface area contributed by atoms with Gasteiger partial charge in [-0.3, -0.25) is 4.90 Å². The fourth-order valence-corrected chi connectivity index (χ4v) is 2.72. The summed E-state index contributed by atoms with van der Waals surface area (Å²) in [5.41, 5.74) is 1.06. The molecule has 3 nitrogen and oxygen atoms in total. The second-order valence-electron chi connectivity index (χ2n) is 4.98. The summed E-state index contributed by atoms with van der Waals surface area (Å²) >= 11 is 0. The van der Waals surface area contributed by atoms with E-state index in [4.69, 9.17) is 4.74 Å². The molecule has 1 heterocycles. The van der Waals surface area contributed by atoms with Crippen LogP contribution in [0.4, 0.5) is 4.39 Å². The Morgan fingerprint density at radius 1 is 1.29 bits per heavy atom. The summed E-state index contributed by atoms with van der Waals surface area (Å²) in [4.78, 5) is 2.45. The number of piperazine rings is 1. The molecule has 0 saturated carbocycles. The van der Waals surface area contributed by atoms with E-state index >= 15 is 0 Å². The summed E-state index contributed by atoms with van der Waals surface area (Å²) in [6.07, 6.45) is 2.16. The minimum atomic E-state index is -0.267. The van der Waals surface area contributed by atoms with Crippen LogP contribution in [0.2, 0.25) is 0 Å². The SMILES string of the molecule is CCC[C@@H](c1ccc(OC)c(F)c1)N1CCNCC1.Cl.Cl. The lowest BCUT2D eigenvalue weighted by Gasteiger charge is -2.35. The summed E-state index contributed by atoms with van der Waals surface area (Å²) in [6, 6.07) is 5.66. The van der Waals surface area contributed by atoms with Crippen molar-refractivity contribution in [3.63, 3.8) is 0 Å². The van der Waals surface area contributed by atoms with E-state index in [1.165, 1.54) is 7.11 Å². The average Bonchev–Trinajstić information content (AvgIpc) is 2.45. The van der Waals surface area contributed by atoms with Crippen LogP contribution in [0.3, 0.4) is 0 Å². The molecule has 1 fully saturated rings. The maximum Gasteiger partial charge on any atom is 0.165 e. The number of nitrogens with zero attached hydrogens (tertiary/aromatic N) is 1. The minimum absolute atomic E-state index is 0. The van der Waals surface area contributed by atoms with Crippen LogP contribution >= 0.6 is 24.8 Å². The van der Waals surface area contributed by atoms with Crippen molar-refractivity contribution in [2.24, 2.45) is 0 Å². The second-order valence-corrected chi connectivity index (χ2v) is 4.98. The first-order valence-electron chi connectivity index (χ1n) is 7.04. The van der Waals surface area contributed by atoms with Crippen molar-refractivity contribution in [2.75, 3.05) is 33.3 Å². The number of nitrogens with one attached hydrogen (secondary N) is 1. The Morgan fingerprint density at radius 3 is 2.48 bits per heavy atom. The Labute approximate surface area is 139 Å². The van der Waals surface area contributed by atoms with E-state index in [9.17, 15) is 4.39 Å². The van der Waals surface area contributed by atoms with Gasteiger partial charge in [-0.2, -0.15) is 0 Å². The third-order valence-corrected chi connectivity index (χ3v) is 3.72. The summed E-state index contributed by atoms with van der Waals surface area (Å²) in [6.45, 7) is 6.25. The van der Waals surface area contributed by atoms with Crippen LogP contribution in [0.5, 0.6) is 5.75 Å². The molecular weight excluding hydrogens is 314 g/mol. The monoisotopic (exact) mass is 338 g/mol. The van der Waals surface area contributed by atoms with Gasteiger partial charge in [0.1, 0.15) is 0 Å². The quantitative estimate of drug-likeness (QED) is 0.890. The largest absolute Gasteiger partial charge is 0.494 e. The lowest BCUT2D eigenvalue weighted by Crippen LogP contribution is -2.45. The molecule has 0 spiro atoms. The lowest BCUT2D eigenvalue weighted by molar-refractivity contribution is 0.164. The van der Waals surface area contributed by atoms with E-state index in [1.54, 1.807) is 12.1 Å². The van der Waals surface area contributed by atoms with Crippen molar-refractivity contribution < 1.29 is 9.13 Å². The predicted octanol–water partition coefficient (Wildman–Crippen LogP) is 3.42. The Balaban J connectivity index is 0.00000200. The van der Waals surface area contributed by atoms with Gasteiger partial charge in [-0.05, 0) is 24.1 Å². The Hall–Kier alpha value is -0.550. The van der Waals surface area contributed by atoms with Crippen molar-refractivity contribution in [1.29, 1.82) is 0 Å². The van der Waals surface area contributed by atoms with Gasteiger partial charge in [0.05, 0.1) is 7.11 Å². The third kappa shape index (κ3) is 5.29. The number of methoxy groups -OCH3 is 1. The zero-order valence-corrected chi connectivity index (χ0v) is 14.2. The third-order valence-electron chi connectivity index (χ3n) is 3.72. The zero-order chi connectivity index (χ0) is 13.7. The van der Waals surface area contributed by atoms with Gasteiger partial charge in [0, 0.05) is 32.2 Å². The summed E-state index contributed by atoms with van der Waals surface area (Å²) in [5, 5.41) is 3.36. The van der Waals surface area contributed by atoms with Gasteiger partial charge in [-0.1, -0.05) is 19.4 Å². The Bertz CT molecular complexity index is 415. The molecule has 0 aliphatic carbocycles. The molecule has 122 valence electrons. The molecule has 1 atom stereocenters. The fourth-order valence-electron chi connectivity index (χ4n) is 2.72. The van der Waals surface area contributed by atoms with Gasteiger partial charge in [0.2, 0.25) is 0 Å². The molecule has 0 amide bonds. The first-order valence-corrected chi connectivity index (χ1v) is 7.04. The standard InChI is InChI=1S/C15H23FN2O.2ClH/c1-3-4-14(18-9-7-17-8-10-18)12-5-6-15(19-2)13(16)11-12;;/h5-6,11,14,17H,3-4,7-10H2,1-2H3;2*1H/t14-;;/m0../s1. The molecule has 2 rings (SSSR count). The molecule has 0 bridgehead atoms. The van der Waals surface area contributed by atoms with Gasteiger partial charge < -0.3 is 10.1 Å². The van der Waals surface area contributed by atoms with Crippen LogP contribution in [0.25, 0.3) is 0 Å². The average molecular weight is 339 g/mol. The lowest BCUT2D eigenvalue weighted by atomic mass is 9.99. The summed E-state index contributed by atoms with van der Waals surface area (Å²) in [7, 11) is 1.50. The number of hydrogen-bond donors (Lipinski definition) is 1. The number of hydrogen-bond acceptors (Lipinski definition) is 3. The summed E-state index contributed by atoms with van der Waals surface area (Å²) < 4.78 is 18.8. The van der Waals surface area contributed by atoms with Crippen LogP contribution in [-0.2, 0) is 0 Å². The molecule has 0 unspecified atom stereocenters. The first kappa shape index (κ1) is 20.5. The fraction of sp³-hybridized carbons (Fsp3) is 0.600. The molecule has 1 aromatic carbocycles. The van der Waals surface area contributed by atoms with Gasteiger partial charge in [-0.15, -0.1) is 24.8 Å². The first-order chi connectivity index (χ1) is 9.26. The second kappa shape index (κ2) is 10.2. The predicted molar refractivity (Wildman–Crippen MR) is 89.5 cm³/mol. The molecule has 1 aliphatic heterocycles. The molecule has 1 aliphatic rings. The number of halogens is 3. The van der Waals surface area contributed by atoms with Gasteiger partial charge >= 0.3 is 0 Å². The molecule has 0 aromatic heterocycles. The van der Waals surface area contributed by atoms with Gasteiger partial charge in [0.25, 0.3) is 0 Å². The molecule has 1 saturated heterocycles. The van der Waals surface area contributed by atoms with Crippen LogP contribution in [0, 0.1) is 5.82 Å². The normalized spacial score (nSPS) is 16.5. The van der Waals surface area contributed by atoms with Gasteiger partial charge in [0.15, 0.2) is 11.6 Å². The van der Waals surface area contributed by atoms with Crippen molar-refractivity contribution in [3.8, 4) is 5.75 Å². The van der Waals surface area contributed by atoms with E-state index < -0.39 is 0 Å². The highest BCUT2D eigenvalue weighted by atomic mass is 35.5. The van der Waals surface area contributed by atoms with Crippen LogP contribution in [-0.4, -0.2) is 38.2 Å². The van der Waals surface area contributed by atoms with Gasteiger partial charge in [-0.25, -0.2) is 4.39 Å². The zero-order valence-electron chi connectivity index (χ0n) is 12.6. The van der Waals surface area contributed by atoms with Crippen molar-refractivity contribution in [3.05, 3.63) is 29.6 Å². The minimum Gasteiger partial charge on any atom is -0.494 e. The van der Waals surface area contributed by atoms with Crippen LogP contribution < -0.4 is 10.1 Å². The highest BCUT2D eigenvalue weighted by molar-refractivity contribution is 5.85. The number of rotatable bonds is 5. The number of benzene rings is 1. The van der Waals surface area contributed by atoms with Crippen molar-refractivity contribution in [1.82, 2.24) is 10.2 Å². The molecule has 21 heavy (non-hydrogen) atoms. The van der Waals surface area contributed by atoms with E-state index in [-0.39, 0.29) is 30.6 Å². The molecule has 0 radical (unpaired) electrons. The van der Waals surface area contributed by atoms with E-state index in [0.717, 1.165) is 44.6 Å². The van der Waals surface area contributed by atoms with Crippen LogP contribution in [0.15, 0.2) is 18.2 Å². The smallest absolute Gasteiger partial charge is 0.165 e. The molecule has 1 aromatic rings. The van der Waals surface area contributed by atoms with E-state index in [0.29, 0.717) is 11.8 Å². The maximum absolute atomic E-state index is 13.9. The highest BCUT2D eigenvalue weighted by Crippen LogP contribution is 2.29. The maximum atomic E-state index is 13.9. The van der Waals surface area contributed by atoms with Crippen molar-refractivity contribution in [2.45, 2.75) is 25.8 Å². The molecular formula is C15H25Cl2FN2O. The Morgan fingerprint density at radius 2 is 1.95 bits per heavy atom. The van der Waals surface area contributed by atoms with E-state index in [2.05, 4.69) is 17.1 Å².